The topological polar surface area (TPSA) is 29.3 Å². The minimum atomic E-state index is -0.813. The molecule has 2 nitrogen and oxygen atoms in total. The van der Waals surface area contributed by atoms with Gasteiger partial charge in [0.25, 0.3) is 0 Å². The molecule has 3 rings (SSSR count). The summed E-state index contributed by atoms with van der Waals surface area (Å²) in [5.74, 6) is -1.61. The summed E-state index contributed by atoms with van der Waals surface area (Å²) in [7, 11) is 0. The Hall–Kier alpha value is -1.32. The van der Waals surface area contributed by atoms with Gasteiger partial charge in [-0.25, -0.2) is 8.78 Å². The van der Waals surface area contributed by atoms with Crippen LogP contribution in [0, 0.1) is 17.0 Å². The van der Waals surface area contributed by atoms with Crippen molar-refractivity contribution in [2.75, 3.05) is 23.7 Å². The first kappa shape index (κ1) is 13.7. The molecule has 1 aliphatic carbocycles. The highest BCUT2D eigenvalue weighted by Crippen LogP contribution is 2.45. The van der Waals surface area contributed by atoms with Crippen molar-refractivity contribution in [1.82, 2.24) is 0 Å². The van der Waals surface area contributed by atoms with Crippen LogP contribution in [0.3, 0.4) is 0 Å². The summed E-state index contributed by atoms with van der Waals surface area (Å²) in [6, 6.07) is 2.56. The molecule has 0 bridgehead atoms. The quantitative estimate of drug-likeness (QED) is 0.785. The van der Waals surface area contributed by atoms with Crippen LogP contribution < -0.4 is 10.6 Å². The molecule has 0 aromatic heterocycles. The first-order chi connectivity index (χ1) is 9.61. The Morgan fingerprint density at radius 3 is 2.25 bits per heavy atom. The van der Waals surface area contributed by atoms with Crippen LogP contribution in [-0.2, 0) is 0 Å². The normalized spacial score (nSPS) is 22.2. The third-order valence-corrected chi connectivity index (χ3v) is 5.15. The maximum atomic E-state index is 14.0. The number of benzene rings is 1. The number of hydrogen-bond acceptors (Lipinski definition) is 2. The number of rotatable bonds is 1. The van der Waals surface area contributed by atoms with Gasteiger partial charge in [0.1, 0.15) is 0 Å². The van der Waals surface area contributed by atoms with Crippen molar-refractivity contribution in [3.05, 3.63) is 23.8 Å². The van der Waals surface area contributed by atoms with Crippen molar-refractivity contribution in [3.8, 4) is 0 Å². The Kier molecular flexibility index (Phi) is 3.57. The van der Waals surface area contributed by atoms with E-state index in [2.05, 4.69) is 0 Å². The zero-order valence-electron chi connectivity index (χ0n) is 11.8. The van der Waals surface area contributed by atoms with Gasteiger partial charge in [-0.1, -0.05) is 19.3 Å². The Morgan fingerprint density at radius 2 is 1.60 bits per heavy atom. The van der Waals surface area contributed by atoms with Gasteiger partial charge in [0, 0.05) is 13.1 Å². The van der Waals surface area contributed by atoms with Gasteiger partial charge in [-0.2, -0.15) is 0 Å². The van der Waals surface area contributed by atoms with E-state index in [0.29, 0.717) is 11.1 Å². The van der Waals surface area contributed by atoms with E-state index in [0.717, 1.165) is 32.0 Å². The molecular weight excluding hydrogens is 258 g/mol. The Morgan fingerprint density at radius 1 is 0.950 bits per heavy atom. The maximum Gasteiger partial charge on any atom is 0.184 e. The Balaban J connectivity index is 1.77. The fraction of sp³-hybridized carbons (Fsp3) is 0.625. The van der Waals surface area contributed by atoms with E-state index in [1.807, 2.05) is 4.90 Å². The molecule has 1 heterocycles. The van der Waals surface area contributed by atoms with Crippen LogP contribution in [0.5, 0.6) is 0 Å². The van der Waals surface area contributed by atoms with Gasteiger partial charge in [-0.05, 0) is 43.2 Å². The van der Waals surface area contributed by atoms with Crippen LogP contribution in [-0.4, -0.2) is 13.1 Å². The lowest BCUT2D eigenvalue weighted by atomic mass is 9.68. The van der Waals surface area contributed by atoms with E-state index >= 15 is 0 Å². The summed E-state index contributed by atoms with van der Waals surface area (Å²) in [4.78, 5) is 1.92. The first-order valence-corrected chi connectivity index (χ1v) is 7.60. The van der Waals surface area contributed by atoms with Crippen molar-refractivity contribution in [2.45, 2.75) is 44.9 Å². The average molecular weight is 280 g/mol. The van der Waals surface area contributed by atoms with E-state index in [4.69, 9.17) is 5.73 Å². The second-order valence-corrected chi connectivity index (χ2v) is 6.35. The van der Waals surface area contributed by atoms with Crippen LogP contribution in [0.4, 0.5) is 20.2 Å². The average Bonchev–Trinajstić information content (AvgIpc) is 2.47. The predicted molar refractivity (Wildman–Crippen MR) is 77.7 cm³/mol. The largest absolute Gasteiger partial charge is 0.397 e. The van der Waals surface area contributed by atoms with Crippen LogP contribution in [0.15, 0.2) is 12.1 Å². The molecule has 20 heavy (non-hydrogen) atoms. The van der Waals surface area contributed by atoms with E-state index in [1.165, 1.54) is 38.2 Å². The van der Waals surface area contributed by atoms with Crippen molar-refractivity contribution in [2.24, 2.45) is 5.41 Å². The summed E-state index contributed by atoms with van der Waals surface area (Å²) in [6.45, 7) is 1.56. The van der Waals surface area contributed by atoms with Crippen molar-refractivity contribution in [3.63, 3.8) is 0 Å². The minimum Gasteiger partial charge on any atom is -0.397 e. The Bertz CT molecular complexity index is 485. The zero-order valence-corrected chi connectivity index (χ0v) is 11.8. The maximum absolute atomic E-state index is 14.0. The van der Waals surface area contributed by atoms with Gasteiger partial charge < -0.3 is 10.6 Å². The molecule has 0 atom stereocenters. The zero-order chi connectivity index (χ0) is 14.2. The molecule has 0 amide bonds. The SMILES string of the molecule is Nc1ccc(F)c(F)c1N1CCC2(CCCCC2)CC1. The van der Waals surface area contributed by atoms with Crippen LogP contribution >= 0.6 is 0 Å². The van der Waals surface area contributed by atoms with Crippen molar-refractivity contribution >= 4 is 11.4 Å². The van der Waals surface area contributed by atoms with Gasteiger partial charge in [-0.15, -0.1) is 0 Å². The Labute approximate surface area is 118 Å². The second kappa shape index (κ2) is 5.23. The van der Waals surface area contributed by atoms with Gasteiger partial charge in [0.15, 0.2) is 11.6 Å². The summed E-state index contributed by atoms with van der Waals surface area (Å²) in [6.07, 6.45) is 8.71. The molecular formula is C16H22F2N2. The summed E-state index contributed by atoms with van der Waals surface area (Å²) >= 11 is 0. The molecule has 1 saturated carbocycles. The molecule has 0 unspecified atom stereocenters. The number of nitrogens with two attached hydrogens (primary N) is 1. The minimum absolute atomic E-state index is 0.260. The molecule has 1 saturated heterocycles. The molecule has 4 heteroatoms. The van der Waals surface area contributed by atoms with Gasteiger partial charge in [0.05, 0.1) is 11.4 Å². The summed E-state index contributed by atoms with van der Waals surface area (Å²) in [5, 5.41) is 0. The van der Waals surface area contributed by atoms with Gasteiger partial charge in [0.2, 0.25) is 0 Å². The fourth-order valence-corrected chi connectivity index (χ4v) is 3.88. The van der Waals surface area contributed by atoms with Gasteiger partial charge in [-0.3, -0.25) is 0 Å². The molecule has 2 fully saturated rings. The number of halogens is 2. The lowest BCUT2D eigenvalue weighted by molar-refractivity contribution is 0.144. The number of nitrogen functional groups attached to an aromatic ring is 1. The molecule has 2 N–H and O–H groups in total. The summed E-state index contributed by atoms with van der Waals surface area (Å²) in [5.41, 5.74) is 6.89. The van der Waals surface area contributed by atoms with Gasteiger partial charge >= 0.3 is 0 Å². The third kappa shape index (κ3) is 2.36. The monoisotopic (exact) mass is 280 g/mol. The smallest absolute Gasteiger partial charge is 0.184 e. The molecule has 110 valence electrons. The number of anilines is 2. The molecule has 1 spiro atoms. The highest BCUT2D eigenvalue weighted by Gasteiger charge is 2.36. The van der Waals surface area contributed by atoms with E-state index in [-0.39, 0.29) is 5.69 Å². The lowest BCUT2D eigenvalue weighted by Crippen LogP contribution is -2.41. The highest BCUT2D eigenvalue weighted by atomic mass is 19.2. The molecule has 1 aromatic rings. The fourth-order valence-electron chi connectivity index (χ4n) is 3.88. The standard InChI is InChI=1S/C16H22F2N2/c17-12-4-5-13(19)15(14(12)18)20-10-8-16(9-11-20)6-2-1-3-7-16/h4-5H,1-3,6-11,19H2. The van der Waals surface area contributed by atoms with Crippen LogP contribution in [0.25, 0.3) is 0 Å². The van der Waals surface area contributed by atoms with Crippen LogP contribution in [0.2, 0.25) is 0 Å². The summed E-state index contributed by atoms with van der Waals surface area (Å²) < 4.78 is 27.4. The van der Waals surface area contributed by atoms with Crippen molar-refractivity contribution in [1.29, 1.82) is 0 Å². The molecule has 1 aromatic carbocycles. The number of hydrogen-bond donors (Lipinski definition) is 1. The predicted octanol–water partition coefficient (Wildman–Crippen LogP) is 4.10. The molecule has 2 aliphatic rings. The van der Waals surface area contributed by atoms with E-state index < -0.39 is 11.6 Å². The third-order valence-electron chi connectivity index (χ3n) is 5.15. The lowest BCUT2D eigenvalue weighted by Gasteiger charge is -2.45. The molecule has 1 aliphatic heterocycles. The second-order valence-electron chi connectivity index (χ2n) is 6.35. The number of nitrogens with zero attached hydrogens (tertiary/aromatic N) is 1. The van der Waals surface area contributed by atoms with Crippen molar-refractivity contribution < 1.29 is 8.78 Å². The van der Waals surface area contributed by atoms with E-state index in [1.54, 1.807) is 0 Å². The van der Waals surface area contributed by atoms with Crippen LogP contribution in [0.1, 0.15) is 44.9 Å². The number of piperidine rings is 1. The molecule has 0 radical (unpaired) electrons. The first-order valence-electron chi connectivity index (χ1n) is 7.60. The van der Waals surface area contributed by atoms with E-state index in [9.17, 15) is 8.78 Å². The highest BCUT2D eigenvalue weighted by molar-refractivity contribution is 5.68.